The van der Waals surface area contributed by atoms with E-state index in [9.17, 15) is 8.42 Å². The molecule has 0 amide bonds. The molecular formula is C11H13NO4S. The van der Waals surface area contributed by atoms with Gasteiger partial charge in [-0.05, 0) is 24.3 Å². The van der Waals surface area contributed by atoms with Gasteiger partial charge in [-0.25, -0.2) is 8.42 Å². The van der Waals surface area contributed by atoms with Crippen LogP contribution >= 0.6 is 0 Å². The molecule has 6 heteroatoms. The topological polar surface area (TPSA) is 75.6 Å². The minimum atomic E-state index is -3.18. The summed E-state index contributed by atoms with van der Waals surface area (Å²) in [5.41, 5.74) is 1.35. The summed E-state index contributed by atoms with van der Waals surface area (Å²) in [7, 11) is -3.18. The monoisotopic (exact) mass is 255 g/mol. The lowest BCUT2D eigenvalue weighted by Gasteiger charge is -2.05. The first kappa shape index (κ1) is 11.9. The molecule has 92 valence electrons. The molecule has 0 aliphatic carbocycles. The lowest BCUT2D eigenvalue weighted by Crippen LogP contribution is -2.10. The van der Waals surface area contributed by atoms with Crippen molar-refractivity contribution in [2.75, 3.05) is 19.6 Å². The third kappa shape index (κ3) is 2.42. The average Bonchev–Trinajstić information content (AvgIpc) is 2.76. The first-order valence-electron chi connectivity index (χ1n) is 5.03. The van der Waals surface area contributed by atoms with Crippen LogP contribution in [0, 0.1) is 0 Å². The molecule has 0 fully saturated rings. The lowest BCUT2D eigenvalue weighted by atomic mass is 10.1. The average molecular weight is 255 g/mol. The van der Waals surface area contributed by atoms with Crippen LogP contribution in [0.2, 0.25) is 0 Å². The van der Waals surface area contributed by atoms with Gasteiger partial charge in [0.1, 0.15) is 0 Å². The van der Waals surface area contributed by atoms with Gasteiger partial charge in [-0.2, -0.15) is 0 Å². The highest BCUT2D eigenvalue weighted by atomic mass is 32.2. The SMILES string of the molecule is CS(=O)(=O)c1ccc(C2=C(CO)NCO2)cc1. The third-order valence-corrected chi connectivity index (χ3v) is 3.61. The molecule has 0 atom stereocenters. The molecule has 1 aliphatic heterocycles. The number of hydrogen-bond donors (Lipinski definition) is 2. The predicted molar refractivity (Wildman–Crippen MR) is 62.6 cm³/mol. The Bertz CT molecular complexity index is 545. The van der Waals surface area contributed by atoms with Crippen LogP contribution in [0.1, 0.15) is 5.56 Å². The smallest absolute Gasteiger partial charge is 0.175 e. The van der Waals surface area contributed by atoms with Gasteiger partial charge >= 0.3 is 0 Å². The van der Waals surface area contributed by atoms with Crippen molar-refractivity contribution in [3.8, 4) is 0 Å². The van der Waals surface area contributed by atoms with Crippen molar-refractivity contribution in [3.05, 3.63) is 35.5 Å². The van der Waals surface area contributed by atoms with E-state index >= 15 is 0 Å². The van der Waals surface area contributed by atoms with Crippen molar-refractivity contribution < 1.29 is 18.3 Å². The van der Waals surface area contributed by atoms with E-state index in [0.717, 1.165) is 11.8 Å². The summed E-state index contributed by atoms with van der Waals surface area (Å²) in [5, 5.41) is 12.0. The number of nitrogens with one attached hydrogen (secondary N) is 1. The number of benzene rings is 1. The summed E-state index contributed by atoms with van der Waals surface area (Å²) >= 11 is 0. The highest BCUT2D eigenvalue weighted by molar-refractivity contribution is 7.90. The molecule has 1 aromatic rings. The molecule has 0 unspecified atom stereocenters. The number of hydrogen-bond acceptors (Lipinski definition) is 5. The second-order valence-electron chi connectivity index (χ2n) is 3.73. The molecule has 0 saturated carbocycles. The zero-order chi connectivity index (χ0) is 12.5. The van der Waals surface area contributed by atoms with Crippen LogP contribution in [0.15, 0.2) is 34.9 Å². The molecule has 1 aromatic carbocycles. The Morgan fingerprint density at radius 3 is 2.53 bits per heavy atom. The Balaban J connectivity index is 2.37. The van der Waals surface area contributed by atoms with Gasteiger partial charge in [-0.1, -0.05) is 0 Å². The molecule has 17 heavy (non-hydrogen) atoms. The summed E-state index contributed by atoms with van der Waals surface area (Å²) in [6, 6.07) is 6.37. The van der Waals surface area contributed by atoms with E-state index in [0.29, 0.717) is 18.2 Å². The van der Waals surface area contributed by atoms with Crippen molar-refractivity contribution in [3.63, 3.8) is 0 Å². The molecular weight excluding hydrogens is 242 g/mol. The number of rotatable bonds is 3. The molecule has 5 nitrogen and oxygen atoms in total. The summed E-state index contributed by atoms with van der Waals surface area (Å²) < 4.78 is 27.9. The van der Waals surface area contributed by atoms with Crippen molar-refractivity contribution in [1.29, 1.82) is 0 Å². The molecule has 1 aliphatic rings. The normalized spacial score (nSPS) is 15.6. The van der Waals surface area contributed by atoms with Gasteiger partial charge in [0.25, 0.3) is 0 Å². The van der Waals surface area contributed by atoms with Crippen molar-refractivity contribution in [2.45, 2.75) is 4.90 Å². The molecule has 0 saturated heterocycles. The number of aliphatic hydroxyl groups is 1. The van der Waals surface area contributed by atoms with Gasteiger partial charge < -0.3 is 15.2 Å². The van der Waals surface area contributed by atoms with Crippen LogP contribution in [-0.4, -0.2) is 33.1 Å². The van der Waals surface area contributed by atoms with Gasteiger partial charge in [0, 0.05) is 11.8 Å². The Morgan fingerprint density at radius 1 is 1.35 bits per heavy atom. The largest absolute Gasteiger partial charge is 0.471 e. The van der Waals surface area contributed by atoms with Crippen molar-refractivity contribution >= 4 is 15.6 Å². The van der Waals surface area contributed by atoms with Gasteiger partial charge in [0.2, 0.25) is 0 Å². The quantitative estimate of drug-likeness (QED) is 0.814. The summed E-state index contributed by atoms with van der Waals surface area (Å²) in [6.45, 7) is 0.183. The van der Waals surface area contributed by atoms with E-state index in [1.165, 1.54) is 12.1 Å². The van der Waals surface area contributed by atoms with Crippen LogP contribution in [0.25, 0.3) is 5.76 Å². The maximum atomic E-state index is 11.3. The highest BCUT2D eigenvalue weighted by Crippen LogP contribution is 2.23. The fraction of sp³-hybridized carbons (Fsp3) is 0.273. The van der Waals surface area contributed by atoms with E-state index in [4.69, 9.17) is 9.84 Å². The van der Waals surface area contributed by atoms with E-state index in [-0.39, 0.29) is 11.5 Å². The second-order valence-corrected chi connectivity index (χ2v) is 5.74. The summed E-state index contributed by atoms with van der Waals surface area (Å²) in [5.74, 6) is 0.563. The minimum Gasteiger partial charge on any atom is -0.471 e. The van der Waals surface area contributed by atoms with Crippen LogP contribution in [0.5, 0.6) is 0 Å². The Labute approximate surface area is 99.6 Å². The first-order chi connectivity index (χ1) is 8.02. The lowest BCUT2D eigenvalue weighted by molar-refractivity contribution is 0.287. The number of sulfone groups is 1. The standard InChI is InChI=1S/C11H13NO4S/c1-17(14,15)9-4-2-8(3-5-9)11-10(6-13)12-7-16-11/h2-5,12-13H,6-7H2,1H3. The number of aliphatic hydroxyl groups excluding tert-OH is 1. The fourth-order valence-corrected chi connectivity index (χ4v) is 2.23. The Hall–Kier alpha value is -1.53. The van der Waals surface area contributed by atoms with E-state index in [2.05, 4.69) is 5.32 Å². The van der Waals surface area contributed by atoms with E-state index < -0.39 is 9.84 Å². The highest BCUT2D eigenvalue weighted by Gasteiger charge is 2.17. The molecule has 0 aromatic heterocycles. The van der Waals surface area contributed by atoms with E-state index in [1.807, 2.05) is 0 Å². The fourth-order valence-electron chi connectivity index (χ4n) is 1.60. The van der Waals surface area contributed by atoms with Crippen LogP contribution in [-0.2, 0) is 14.6 Å². The minimum absolute atomic E-state index is 0.136. The molecule has 1 heterocycles. The maximum Gasteiger partial charge on any atom is 0.175 e. The molecule has 0 bridgehead atoms. The van der Waals surface area contributed by atoms with Gasteiger partial charge in [-0.15, -0.1) is 0 Å². The van der Waals surface area contributed by atoms with Crippen LogP contribution < -0.4 is 5.32 Å². The van der Waals surface area contributed by atoms with Crippen molar-refractivity contribution in [2.24, 2.45) is 0 Å². The molecule has 0 radical (unpaired) electrons. The number of ether oxygens (including phenoxy) is 1. The van der Waals surface area contributed by atoms with Gasteiger partial charge in [-0.3, -0.25) is 0 Å². The maximum absolute atomic E-state index is 11.3. The molecule has 2 rings (SSSR count). The van der Waals surface area contributed by atoms with Crippen LogP contribution in [0.3, 0.4) is 0 Å². The third-order valence-electron chi connectivity index (χ3n) is 2.48. The Kier molecular flexibility index (Phi) is 3.08. The Morgan fingerprint density at radius 2 is 2.00 bits per heavy atom. The van der Waals surface area contributed by atoms with Crippen LogP contribution in [0.4, 0.5) is 0 Å². The second kappa shape index (κ2) is 4.38. The van der Waals surface area contributed by atoms with E-state index in [1.54, 1.807) is 12.1 Å². The van der Waals surface area contributed by atoms with Gasteiger partial charge in [0.15, 0.2) is 22.3 Å². The van der Waals surface area contributed by atoms with Crippen molar-refractivity contribution in [1.82, 2.24) is 5.32 Å². The molecule has 0 spiro atoms. The summed E-state index contributed by atoms with van der Waals surface area (Å²) in [6.07, 6.45) is 1.16. The molecule has 2 N–H and O–H groups in total. The predicted octanol–water partition coefficient (Wildman–Crippen LogP) is 0.328. The summed E-state index contributed by atoms with van der Waals surface area (Å²) in [4.78, 5) is 0.262. The zero-order valence-electron chi connectivity index (χ0n) is 9.30. The first-order valence-corrected chi connectivity index (χ1v) is 6.92. The van der Waals surface area contributed by atoms with Gasteiger partial charge in [0.05, 0.1) is 17.2 Å². The zero-order valence-corrected chi connectivity index (χ0v) is 10.1.